The zero-order valence-corrected chi connectivity index (χ0v) is 21.7. The van der Waals surface area contributed by atoms with Gasteiger partial charge >= 0.3 is 0 Å². The van der Waals surface area contributed by atoms with Gasteiger partial charge in [0.2, 0.25) is 0 Å². The van der Waals surface area contributed by atoms with Crippen molar-refractivity contribution in [2.75, 3.05) is 31.6 Å². The standard InChI is InChI=1S/C29H29ClN6O/c1-29(10-5-13-36(2)18-29)11-9-19-15-25-22(16-24(19)31)27(32)35-28(34-25)20-7-8-26(23(30)14-20)37-17-21-6-3-4-12-33-21/h3-4,6-8,12,14-16H,5,10,13,17-18,31H2,1-2H3,(H2,32,34,35). The number of ether oxygens (including phenoxy) is 1. The Hall–Kier alpha value is -3.86. The quantitative estimate of drug-likeness (QED) is 0.287. The molecule has 37 heavy (non-hydrogen) atoms. The van der Waals surface area contributed by atoms with Crippen molar-refractivity contribution < 1.29 is 4.74 Å². The van der Waals surface area contributed by atoms with Crippen molar-refractivity contribution in [3.63, 3.8) is 0 Å². The fourth-order valence-corrected chi connectivity index (χ4v) is 4.89. The summed E-state index contributed by atoms with van der Waals surface area (Å²) in [6, 6.07) is 14.8. The van der Waals surface area contributed by atoms with Crippen LogP contribution in [0.25, 0.3) is 22.3 Å². The van der Waals surface area contributed by atoms with E-state index >= 15 is 0 Å². The Morgan fingerprint density at radius 3 is 2.76 bits per heavy atom. The second-order valence-electron chi connectivity index (χ2n) is 9.80. The first kappa shape index (κ1) is 24.8. The molecule has 1 aliphatic rings. The molecule has 3 heterocycles. The van der Waals surface area contributed by atoms with Crippen molar-refractivity contribution >= 4 is 34.0 Å². The van der Waals surface area contributed by atoms with Gasteiger partial charge in [-0.15, -0.1) is 0 Å². The van der Waals surface area contributed by atoms with Crippen LogP contribution < -0.4 is 16.2 Å². The van der Waals surface area contributed by atoms with E-state index < -0.39 is 0 Å². The van der Waals surface area contributed by atoms with Crippen LogP contribution >= 0.6 is 11.6 Å². The monoisotopic (exact) mass is 512 g/mol. The molecule has 0 bridgehead atoms. The van der Waals surface area contributed by atoms with E-state index in [-0.39, 0.29) is 5.41 Å². The van der Waals surface area contributed by atoms with E-state index in [0.717, 1.165) is 42.8 Å². The van der Waals surface area contributed by atoms with Gasteiger partial charge in [0, 0.05) is 40.4 Å². The average Bonchev–Trinajstić information content (AvgIpc) is 2.87. The molecule has 7 nitrogen and oxygen atoms in total. The van der Waals surface area contributed by atoms with Gasteiger partial charge in [-0.25, -0.2) is 9.97 Å². The number of nitrogen functional groups attached to an aromatic ring is 2. The number of nitrogens with two attached hydrogens (primary N) is 2. The molecular weight excluding hydrogens is 484 g/mol. The molecule has 0 spiro atoms. The molecule has 8 heteroatoms. The van der Waals surface area contributed by atoms with Crippen molar-refractivity contribution in [1.82, 2.24) is 19.9 Å². The molecule has 1 saturated heterocycles. The Morgan fingerprint density at radius 2 is 2.00 bits per heavy atom. The number of halogens is 1. The number of anilines is 2. The highest BCUT2D eigenvalue weighted by Crippen LogP contribution is 2.33. The lowest BCUT2D eigenvalue weighted by Gasteiger charge is -2.34. The first-order valence-corrected chi connectivity index (χ1v) is 12.6. The number of rotatable bonds is 4. The number of fused-ring (bicyclic) bond motifs is 1. The minimum atomic E-state index is -0.0681. The molecule has 188 valence electrons. The number of likely N-dealkylation sites (tertiary alicyclic amines) is 1. The first-order chi connectivity index (χ1) is 17.8. The molecule has 1 fully saturated rings. The fourth-order valence-electron chi connectivity index (χ4n) is 4.66. The molecular formula is C29H29ClN6O. The van der Waals surface area contributed by atoms with Crippen molar-refractivity contribution in [2.45, 2.75) is 26.4 Å². The Bertz CT molecular complexity index is 1510. The van der Waals surface area contributed by atoms with Gasteiger partial charge in [-0.2, -0.15) is 0 Å². The highest BCUT2D eigenvalue weighted by molar-refractivity contribution is 6.32. The highest BCUT2D eigenvalue weighted by atomic mass is 35.5. The third kappa shape index (κ3) is 5.61. The van der Waals surface area contributed by atoms with Crippen molar-refractivity contribution in [3.05, 3.63) is 71.0 Å². The van der Waals surface area contributed by atoms with Crippen LogP contribution in [0.5, 0.6) is 5.75 Å². The van der Waals surface area contributed by atoms with E-state index in [1.807, 2.05) is 30.3 Å². The largest absolute Gasteiger partial charge is 0.486 e. The molecule has 0 aliphatic carbocycles. The highest BCUT2D eigenvalue weighted by Gasteiger charge is 2.27. The summed E-state index contributed by atoms with van der Waals surface area (Å²) in [4.78, 5) is 15.9. The Kier molecular flexibility index (Phi) is 6.88. The van der Waals surface area contributed by atoms with E-state index in [1.165, 1.54) is 0 Å². The smallest absolute Gasteiger partial charge is 0.162 e. The Labute approximate surface area is 221 Å². The summed E-state index contributed by atoms with van der Waals surface area (Å²) in [6.45, 7) is 4.57. The van der Waals surface area contributed by atoms with Crippen molar-refractivity contribution in [3.8, 4) is 29.0 Å². The third-order valence-electron chi connectivity index (χ3n) is 6.57. The van der Waals surface area contributed by atoms with E-state index in [9.17, 15) is 0 Å². The normalized spacial score (nSPS) is 17.8. The molecule has 1 unspecified atom stereocenters. The van der Waals surface area contributed by atoms with E-state index in [0.29, 0.717) is 45.6 Å². The van der Waals surface area contributed by atoms with Crippen LogP contribution in [0.2, 0.25) is 5.02 Å². The first-order valence-electron chi connectivity index (χ1n) is 12.2. The minimum Gasteiger partial charge on any atom is -0.486 e. The molecule has 1 atom stereocenters. The Morgan fingerprint density at radius 1 is 1.14 bits per heavy atom. The van der Waals surface area contributed by atoms with E-state index in [4.69, 9.17) is 32.8 Å². The van der Waals surface area contributed by atoms with Gasteiger partial charge in [0.15, 0.2) is 5.82 Å². The average molecular weight is 513 g/mol. The number of nitrogens with zero attached hydrogens (tertiary/aromatic N) is 4. The van der Waals surface area contributed by atoms with Gasteiger partial charge in [-0.05, 0) is 75.8 Å². The maximum absolute atomic E-state index is 6.52. The molecule has 2 aromatic heterocycles. The predicted octanol–water partition coefficient (Wildman–Crippen LogP) is 5.17. The zero-order valence-electron chi connectivity index (χ0n) is 21.0. The van der Waals surface area contributed by atoms with E-state index in [1.54, 1.807) is 24.4 Å². The molecule has 0 radical (unpaired) electrons. The van der Waals surface area contributed by atoms with Crippen LogP contribution in [-0.2, 0) is 6.61 Å². The topological polar surface area (TPSA) is 103 Å². The maximum Gasteiger partial charge on any atom is 0.162 e. The third-order valence-corrected chi connectivity index (χ3v) is 6.87. The number of hydrogen-bond acceptors (Lipinski definition) is 7. The summed E-state index contributed by atoms with van der Waals surface area (Å²) in [6.07, 6.45) is 3.93. The van der Waals surface area contributed by atoms with Gasteiger partial charge < -0.3 is 21.1 Å². The summed E-state index contributed by atoms with van der Waals surface area (Å²) in [5.41, 5.74) is 16.1. The summed E-state index contributed by atoms with van der Waals surface area (Å²) >= 11 is 6.52. The summed E-state index contributed by atoms with van der Waals surface area (Å²) in [5, 5.41) is 1.14. The molecule has 0 saturated carbocycles. The Balaban J connectivity index is 1.43. The molecule has 4 aromatic rings. The SMILES string of the molecule is CN1CCCC(C)(C#Cc2cc3nc(-c4ccc(OCc5ccccn5)c(Cl)c4)nc(N)c3cc2N)C1. The van der Waals surface area contributed by atoms with Gasteiger partial charge in [-0.1, -0.05) is 29.5 Å². The zero-order chi connectivity index (χ0) is 26.0. The van der Waals surface area contributed by atoms with Crippen LogP contribution in [0.3, 0.4) is 0 Å². The van der Waals surface area contributed by atoms with Gasteiger partial charge in [0.1, 0.15) is 18.2 Å². The molecule has 4 N–H and O–H groups in total. The lowest BCUT2D eigenvalue weighted by molar-refractivity contribution is 0.175. The van der Waals surface area contributed by atoms with Gasteiger partial charge in [-0.3, -0.25) is 4.98 Å². The minimum absolute atomic E-state index is 0.0681. The maximum atomic E-state index is 6.52. The lowest BCUT2D eigenvalue weighted by Crippen LogP contribution is -2.38. The van der Waals surface area contributed by atoms with E-state index in [2.05, 4.69) is 40.7 Å². The van der Waals surface area contributed by atoms with Crippen LogP contribution in [0.15, 0.2) is 54.7 Å². The fraction of sp³-hybridized carbons (Fsp3) is 0.276. The summed E-state index contributed by atoms with van der Waals surface area (Å²) < 4.78 is 5.84. The number of piperidine rings is 1. The summed E-state index contributed by atoms with van der Waals surface area (Å²) in [5.74, 6) is 8.14. The van der Waals surface area contributed by atoms with Crippen LogP contribution in [-0.4, -0.2) is 40.0 Å². The molecule has 5 rings (SSSR count). The molecule has 1 aliphatic heterocycles. The number of benzene rings is 2. The molecule has 0 amide bonds. The van der Waals surface area contributed by atoms with Crippen LogP contribution in [0, 0.1) is 17.3 Å². The van der Waals surface area contributed by atoms with Crippen LogP contribution in [0.4, 0.5) is 11.5 Å². The number of hydrogen-bond donors (Lipinski definition) is 2. The lowest BCUT2D eigenvalue weighted by atomic mass is 9.82. The van der Waals surface area contributed by atoms with Crippen LogP contribution in [0.1, 0.15) is 31.0 Å². The summed E-state index contributed by atoms with van der Waals surface area (Å²) in [7, 11) is 2.14. The van der Waals surface area contributed by atoms with Gasteiger partial charge in [0.05, 0.1) is 16.2 Å². The van der Waals surface area contributed by atoms with Crippen molar-refractivity contribution in [2.24, 2.45) is 5.41 Å². The second-order valence-corrected chi connectivity index (χ2v) is 10.2. The predicted molar refractivity (Wildman–Crippen MR) is 149 cm³/mol. The number of pyridine rings is 1. The van der Waals surface area contributed by atoms with Crippen molar-refractivity contribution in [1.29, 1.82) is 0 Å². The number of aromatic nitrogens is 3. The van der Waals surface area contributed by atoms with Gasteiger partial charge in [0.25, 0.3) is 0 Å². The second kappa shape index (κ2) is 10.3. The molecule has 2 aromatic carbocycles.